The second kappa shape index (κ2) is 6.19. The lowest BCUT2D eigenvalue weighted by atomic mass is 9.96. The molecule has 0 fully saturated rings. The third-order valence-electron chi connectivity index (χ3n) is 2.44. The van der Waals surface area contributed by atoms with Crippen molar-refractivity contribution in [3.63, 3.8) is 0 Å². The number of hydrogen-bond donors (Lipinski definition) is 1. The minimum absolute atomic E-state index is 0.168. The van der Waals surface area contributed by atoms with Crippen LogP contribution in [0.2, 0.25) is 0 Å². The molecule has 15 heavy (non-hydrogen) atoms. The van der Waals surface area contributed by atoms with Crippen LogP contribution in [0.5, 0.6) is 0 Å². The van der Waals surface area contributed by atoms with Crippen LogP contribution in [0.25, 0.3) is 0 Å². The van der Waals surface area contributed by atoms with Crippen molar-refractivity contribution in [3.8, 4) is 0 Å². The molecule has 2 nitrogen and oxygen atoms in total. The van der Waals surface area contributed by atoms with E-state index in [1.165, 1.54) is 0 Å². The lowest BCUT2D eigenvalue weighted by Gasteiger charge is -2.21. The van der Waals surface area contributed by atoms with Gasteiger partial charge in [-0.15, -0.1) is 0 Å². The van der Waals surface area contributed by atoms with Crippen molar-refractivity contribution in [1.82, 2.24) is 5.43 Å². The van der Waals surface area contributed by atoms with Gasteiger partial charge in [0.25, 0.3) is 0 Å². The van der Waals surface area contributed by atoms with Crippen LogP contribution >= 0.6 is 23.2 Å². The quantitative estimate of drug-likeness (QED) is 0.589. The molecule has 0 aromatic carbocycles. The van der Waals surface area contributed by atoms with Crippen LogP contribution in [-0.4, -0.2) is 5.17 Å². The summed E-state index contributed by atoms with van der Waals surface area (Å²) in [6.07, 6.45) is 7.37. The maximum atomic E-state index is 6.03. The van der Waals surface area contributed by atoms with Crippen molar-refractivity contribution < 1.29 is 0 Å². The third-order valence-corrected chi connectivity index (χ3v) is 3.17. The molecule has 1 aliphatic heterocycles. The van der Waals surface area contributed by atoms with Crippen LogP contribution in [0.15, 0.2) is 28.0 Å². The second-order valence-electron chi connectivity index (χ2n) is 3.55. The van der Waals surface area contributed by atoms with Crippen LogP contribution in [-0.2, 0) is 0 Å². The fourth-order valence-electron chi connectivity index (χ4n) is 1.48. The van der Waals surface area contributed by atoms with Crippen LogP contribution in [0.4, 0.5) is 0 Å². The molecule has 1 atom stereocenters. The number of nitrogens with one attached hydrogen (secondary N) is 1. The van der Waals surface area contributed by atoms with Gasteiger partial charge in [0.15, 0.2) is 0 Å². The summed E-state index contributed by atoms with van der Waals surface area (Å²) in [6.45, 7) is 4.11. The Morgan fingerprint density at radius 1 is 1.40 bits per heavy atom. The van der Waals surface area contributed by atoms with Crippen LogP contribution in [0.3, 0.4) is 0 Å². The standard InChI is InChI=1S/C11H16Cl2N2/c1-3-4-5-6-7-9-8(2)10(12)14-15-11(9)13/h4-5,9,14H,3,6-7H2,1-2H3/b5-4-. The van der Waals surface area contributed by atoms with Gasteiger partial charge in [0, 0.05) is 5.92 Å². The fraction of sp³-hybridized carbons (Fsp3) is 0.545. The van der Waals surface area contributed by atoms with Gasteiger partial charge in [-0.05, 0) is 31.8 Å². The van der Waals surface area contributed by atoms with Gasteiger partial charge in [-0.1, -0.05) is 42.3 Å². The first-order valence-corrected chi connectivity index (χ1v) is 5.92. The maximum absolute atomic E-state index is 6.03. The van der Waals surface area contributed by atoms with E-state index in [4.69, 9.17) is 23.2 Å². The SMILES string of the molecule is CC/C=C\CCC1C(Cl)=NNC(Cl)=C1C. The smallest absolute Gasteiger partial charge is 0.133 e. The zero-order valence-electron chi connectivity index (χ0n) is 9.06. The molecule has 0 spiro atoms. The van der Waals surface area contributed by atoms with Gasteiger partial charge in [-0.3, -0.25) is 5.43 Å². The molecule has 0 bridgehead atoms. The first-order valence-electron chi connectivity index (χ1n) is 5.17. The average molecular weight is 247 g/mol. The van der Waals surface area contributed by atoms with Crippen molar-refractivity contribution in [1.29, 1.82) is 0 Å². The molecule has 1 N–H and O–H groups in total. The molecule has 4 heteroatoms. The van der Waals surface area contributed by atoms with Crippen molar-refractivity contribution in [3.05, 3.63) is 22.9 Å². The highest BCUT2D eigenvalue weighted by Gasteiger charge is 2.22. The van der Waals surface area contributed by atoms with Crippen molar-refractivity contribution >= 4 is 28.4 Å². The lowest BCUT2D eigenvalue weighted by Crippen LogP contribution is -2.22. The summed E-state index contributed by atoms with van der Waals surface area (Å²) in [4.78, 5) is 0. The summed E-state index contributed by atoms with van der Waals surface area (Å²) in [5.74, 6) is 0.168. The first-order chi connectivity index (χ1) is 7.16. The Kier molecular flexibility index (Phi) is 5.20. The van der Waals surface area contributed by atoms with Crippen molar-refractivity contribution in [2.75, 3.05) is 0 Å². The summed E-state index contributed by atoms with van der Waals surface area (Å²) in [5.41, 5.74) is 3.77. The highest BCUT2D eigenvalue weighted by molar-refractivity contribution is 6.66. The van der Waals surface area contributed by atoms with Crippen molar-refractivity contribution in [2.24, 2.45) is 11.0 Å². The Morgan fingerprint density at radius 2 is 2.13 bits per heavy atom. The predicted octanol–water partition coefficient (Wildman–Crippen LogP) is 3.97. The predicted molar refractivity (Wildman–Crippen MR) is 67.1 cm³/mol. The van der Waals surface area contributed by atoms with Gasteiger partial charge in [0.05, 0.1) is 0 Å². The summed E-state index contributed by atoms with van der Waals surface area (Å²) >= 11 is 12.0. The molecule has 0 amide bonds. The highest BCUT2D eigenvalue weighted by Crippen LogP contribution is 2.27. The van der Waals surface area contributed by atoms with E-state index in [1.54, 1.807) is 0 Å². The van der Waals surface area contributed by atoms with Gasteiger partial charge >= 0.3 is 0 Å². The molecule has 0 aromatic heterocycles. The fourth-order valence-corrected chi connectivity index (χ4v) is 1.97. The highest BCUT2D eigenvalue weighted by atomic mass is 35.5. The third kappa shape index (κ3) is 3.54. The van der Waals surface area contributed by atoms with Crippen LogP contribution in [0.1, 0.15) is 33.1 Å². The van der Waals surface area contributed by atoms with Gasteiger partial charge in [0.2, 0.25) is 0 Å². The van der Waals surface area contributed by atoms with E-state index in [1.807, 2.05) is 6.92 Å². The number of rotatable bonds is 4. The van der Waals surface area contributed by atoms with Gasteiger partial charge < -0.3 is 0 Å². The number of allylic oxidation sites excluding steroid dienone is 3. The molecular formula is C11H16Cl2N2. The summed E-state index contributed by atoms with van der Waals surface area (Å²) in [7, 11) is 0. The Balaban J connectivity index is 2.55. The summed E-state index contributed by atoms with van der Waals surface area (Å²) < 4.78 is 0. The Bertz CT molecular complexity index is 306. The monoisotopic (exact) mass is 246 g/mol. The normalized spacial score (nSPS) is 21.9. The van der Waals surface area contributed by atoms with E-state index >= 15 is 0 Å². The van der Waals surface area contributed by atoms with E-state index in [0.717, 1.165) is 24.8 Å². The van der Waals surface area contributed by atoms with Gasteiger partial charge in [-0.2, -0.15) is 5.10 Å². The molecule has 1 aliphatic rings. The molecule has 1 heterocycles. The van der Waals surface area contributed by atoms with Crippen LogP contribution in [0, 0.1) is 5.92 Å². The molecular weight excluding hydrogens is 231 g/mol. The zero-order chi connectivity index (χ0) is 11.3. The second-order valence-corrected chi connectivity index (χ2v) is 4.32. The largest absolute Gasteiger partial charge is 0.266 e. The topological polar surface area (TPSA) is 24.4 Å². The number of hydrogen-bond acceptors (Lipinski definition) is 2. The molecule has 1 unspecified atom stereocenters. The summed E-state index contributed by atoms with van der Waals surface area (Å²) in [5, 5.41) is 5.16. The first kappa shape index (κ1) is 12.6. The van der Waals surface area contributed by atoms with E-state index in [9.17, 15) is 0 Å². The van der Waals surface area contributed by atoms with E-state index in [0.29, 0.717) is 10.3 Å². The molecule has 0 aliphatic carbocycles. The van der Waals surface area contributed by atoms with Crippen LogP contribution < -0.4 is 5.43 Å². The Hall–Kier alpha value is -0.470. The maximum Gasteiger partial charge on any atom is 0.133 e. The van der Waals surface area contributed by atoms with Crippen molar-refractivity contribution in [2.45, 2.75) is 33.1 Å². The minimum Gasteiger partial charge on any atom is -0.266 e. The number of halogens is 2. The molecule has 0 saturated heterocycles. The molecule has 0 radical (unpaired) electrons. The molecule has 84 valence electrons. The molecule has 0 aromatic rings. The Morgan fingerprint density at radius 3 is 2.80 bits per heavy atom. The zero-order valence-corrected chi connectivity index (χ0v) is 10.6. The number of nitrogens with zero attached hydrogens (tertiary/aromatic N) is 1. The molecule has 1 rings (SSSR count). The van der Waals surface area contributed by atoms with Gasteiger partial charge in [-0.25, -0.2) is 0 Å². The minimum atomic E-state index is 0.168. The Labute approximate surface area is 101 Å². The van der Waals surface area contributed by atoms with E-state index < -0.39 is 0 Å². The lowest BCUT2D eigenvalue weighted by molar-refractivity contribution is 0.685. The van der Waals surface area contributed by atoms with E-state index in [-0.39, 0.29) is 5.92 Å². The number of hydrazone groups is 1. The summed E-state index contributed by atoms with van der Waals surface area (Å²) in [6, 6.07) is 0. The average Bonchev–Trinajstić information content (AvgIpc) is 2.23. The van der Waals surface area contributed by atoms with E-state index in [2.05, 4.69) is 29.6 Å². The van der Waals surface area contributed by atoms with Gasteiger partial charge in [0.1, 0.15) is 10.3 Å². The molecule has 0 saturated carbocycles.